The first kappa shape index (κ1) is 26.9. The lowest BCUT2D eigenvalue weighted by molar-refractivity contribution is 0.0689. The predicted molar refractivity (Wildman–Crippen MR) is 125 cm³/mol. The molecule has 0 saturated carbocycles. The van der Waals surface area contributed by atoms with Gasteiger partial charge in [-0.05, 0) is 44.7 Å². The maximum atomic E-state index is 5.49. The highest BCUT2D eigenvalue weighted by Gasteiger charge is 2.22. The molecule has 0 aromatic rings. The van der Waals surface area contributed by atoms with Crippen LogP contribution in [-0.4, -0.2) is 77.1 Å². The van der Waals surface area contributed by atoms with Crippen molar-refractivity contribution in [2.24, 2.45) is 10.9 Å². The smallest absolute Gasteiger partial charge is 0.191 e. The fourth-order valence-corrected chi connectivity index (χ4v) is 3.42. The van der Waals surface area contributed by atoms with E-state index < -0.39 is 0 Å². The van der Waals surface area contributed by atoms with Crippen LogP contribution < -0.4 is 10.6 Å². The van der Waals surface area contributed by atoms with E-state index in [9.17, 15) is 0 Å². The van der Waals surface area contributed by atoms with Crippen molar-refractivity contribution in [1.29, 1.82) is 0 Å². The molecular weight excluding hydrogens is 455 g/mol. The van der Waals surface area contributed by atoms with E-state index in [-0.39, 0.29) is 24.0 Å². The van der Waals surface area contributed by atoms with Crippen molar-refractivity contribution in [1.82, 2.24) is 15.5 Å². The fraction of sp³-hybridized carbons (Fsp3) is 0.950. The van der Waals surface area contributed by atoms with Crippen molar-refractivity contribution in [2.75, 3.05) is 60.2 Å². The predicted octanol–water partition coefficient (Wildman–Crippen LogP) is 3.11. The lowest BCUT2D eigenvalue weighted by atomic mass is 10.0. The number of likely N-dealkylation sites (tertiary alicyclic amines) is 1. The second kappa shape index (κ2) is 17.9. The van der Waals surface area contributed by atoms with Crippen LogP contribution >= 0.6 is 24.0 Å². The molecule has 0 aromatic carbocycles. The molecule has 0 spiro atoms. The third-order valence-corrected chi connectivity index (χ3v) is 5.02. The van der Waals surface area contributed by atoms with E-state index in [1.165, 1.54) is 38.8 Å². The molecule has 1 atom stereocenters. The molecular formula is C20H43IN4O2. The van der Waals surface area contributed by atoms with Gasteiger partial charge in [0.25, 0.3) is 0 Å². The molecule has 0 aliphatic carbocycles. The average Bonchev–Trinajstić information content (AvgIpc) is 2.91. The van der Waals surface area contributed by atoms with E-state index in [1.54, 1.807) is 7.11 Å². The van der Waals surface area contributed by atoms with Gasteiger partial charge in [0, 0.05) is 39.9 Å². The van der Waals surface area contributed by atoms with E-state index in [1.807, 2.05) is 7.05 Å². The molecule has 1 saturated heterocycles. The molecule has 2 N–H and O–H groups in total. The number of halogens is 1. The Bertz CT molecular complexity index is 362. The Kier molecular flexibility index (Phi) is 17.9. The van der Waals surface area contributed by atoms with Crippen molar-refractivity contribution in [3.05, 3.63) is 0 Å². The SMILES string of the molecule is CN=C(NCCCCOCCOC)NCC(C(C)C)N1CCCCCC1.I. The van der Waals surface area contributed by atoms with Crippen LogP contribution in [0.2, 0.25) is 0 Å². The molecule has 7 heteroatoms. The quantitative estimate of drug-likeness (QED) is 0.188. The number of guanidine groups is 1. The second-order valence-corrected chi connectivity index (χ2v) is 7.45. The lowest BCUT2D eigenvalue weighted by Gasteiger charge is -2.34. The number of nitrogens with zero attached hydrogens (tertiary/aromatic N) is 2. The van der Waals surface area contributed by atoms with Gasteiger partial charge in [0.05, 0.1) is 13.2 Å². The average molecular weight is 498 g/mol. The number of rotatable bonds is 12. The summed E-state index contributed by atoms with van der Waals surface area (Å²) in [5.74, 6) is 1.55. The normalized spacial score (nSPS) is 17.3. The minimum Gasteiger partial charge on any atom is -0.382 e. The zero-order valence-electron chi connectivity index (χ0n) is 18.0. The minimum absolute atomic E-state index is 0. The third kappa shape index (κ3) is 12.9. The summed E-state index contributed by atoms with van der Waals surface area (Å²) < 4.78 is 10.5. The lowest BCUT2D eigenvalue weighted by Crippen LogP contribution is -2.49. The molecule has 0 radical (unpaired) electrons. The number of unbranched alkanes of at least 4 members (excludes halogenated alkanes) is 1. The molecule has 1 heterocycles. The van der Waals surface area contributed by atoms with E-state index >= 15 is 0 Å². The summed E-state index contributed by atoms with van der Waals surface area (Å²) in [5.41, 5.74) is 0. The van der Waals surface area contributed by atoms with Gasteiger partial charge < -0.3 is 20.1 Å². The fourth-order valence-electron chi connectivity index (χ4n) is 3.42. The Hall–Kier alpha value is -0.120. The number of methoxy groups -OCH3 is 1. The van der Waals surface area contributed by atoms with Gasteiger partial charge in [0.2, 0.25) is 0 Å². The number of ether oxygens (including phenoxy) is 2. The topological polar surface area (TPSA) is 58.1 Å². The molecule has 1 rings (SSSR count). The molecule has 1 fully saturated rings. The Balaban J connectivity index is 0.00000676. The van der Waals surface area contributed by atoms with E-state index in [2.05, 4.69) is 34.4 Å². The summed E-state index contributed by atoms with van der Waals surface area (Å²) in [6.07, 6.45) is 7.56. The van der Waals surface area contributed by atoms with Crippen LogP contribution in [0.25, 0.3) is 0 Å². The number of hydrogen-bond donors (Lipinski definition) is 2. The summed E-state index contributed by atoms with van der Waals surface area (Å²) in [7, 11) is 3.54. The van der Waals surface area contributed by atoms with Crippen molar-refractivity contribution < 1.29 is 9.47 Å². The zero-order valence-corrected chi connectivity index (χ0v) is 20.3. The van der Waals surface area contributed by atoms with Crippen LogP contribution in [0.5, 0.6) is 0 Å². The molecule has 0 bridgehead atoms. The van der Waals surface area contributed by atoms with Gasteiger partial charge in [0.15, 0.2) is 5.96 Å². The molecule has 0 amide bonds. The van der Waals surface area contributed by atoms with Gasteiger partial charge in [-0.2, -0.15) is 0 Å². The highest BCUT2D eigenvalue weighted by molar-refractivity contribution is 14.0. The Morgan fingerprint density at radius 3 is 2.30 bits per heavy atom. The molecule has 6 nitrogen and oxygen atoms in total. The van der Waals surface area contributed by atoms with Crippen molar-refractivity contribution in [3.8, 4) is 0 Å². The molecule has 1 aliphatic rings. The molecule has 27 heavy (non-hydrogen) atoms. The molecule has 1 aliphatic heterocycles. The number of nitrogens with one attached hydrogen (secondary N) is 2. The summed E-state index contributed by atoms with van der Waals surface area (Å²) in [5, 5.41) is 6.96. The first-order chi connectivity index (χ1) is 12.7. The Morgan fingerprint density at radius 2 is 1.70 bits per heavy atom. The summed E-state index contributed by atoms with van der Waals surface area (Å²) >= 11 is 0. The van der Waals surface area contributed by atoms with Crippen LogP contribution in [0.3, 0.4) is 0 Å². The highest BCUT2D eigenvalue weighted by Crippen LogP contribution is 2.17. The summed E-state index contributed by atoms with van der Waals surface area (Å²) in [6, 6.07) is 0.570. The number of aliphatic imine (C=N–C) groups is 1. The van der Waals surface area contributed by atoms with E-state index in [0.29, 0.717) is 25.2 Å². The van der Waals surface area contributed by atoms with E-state index in [4.69, 9.17) is 9.47 Å². The first-order valence-corrected chi connectivity index (χ1v) is 10.4. The summed E-state index contributed by atoms with van der Waals surface area (Å²) in [6.45, 7) is 11.2. The monoisotopic (exact) mass is 498 g/mol. The van der Waals surface area contributed by atoms with Gasteiger partial charge in [0.1, 0.15) is 0 Å². The van der Waals surface area contributed by atoms with E-state index in [0.717, 1.165) is 38.5 Å². The van der Waals surface area contributed by atoms with Gasteiger partial charge in [-0.15, -0.1) is 24.0 Å². The highest BCUT2D eigenvalue weighted by atomic mass is 127. The van der Waals surface area contributed by atoms with Gasteiger partial charge in [-0.3, -0.25) is 9.89 Å². The first-order valence-electron chi connectivity index (χ1n) is 10.4. The maximum absolute atomic E-state index is 5.49. The maximum Gasteiger partial charge on any atom is 0.191 e. The van der Waals surface area contributed by atoms with Gasteiger partial charge >= 0.3 is 0 Å². The molecule has 1 unspecified atom stereocenters. The minimum atomic E-state index is 0. The van der Waals surface area contributed by atoms with Crippen LogP contribution in [0.15, 0.2) is 4.99 Å². The van der Waals surface area contributed by atoms with Crippen molar-refractivity contribution in [2.45, 2.75) is 58.4 Å². The largest absolute Gasteiger partial charge is 0.382 e. The van der Waals surface area contributed by atoms with Crippen LogP contribution in [0.4, 0.5) is 0 Å². The van der Waals surface area contributed by atoms with Gasteiger partial charge in [-0.25, -0.2) is 0 Å². The Morgan fingerprint density at radius 1 is 1.00 bits per heavy atom. The third-order valence-electron chi connectivity index (χ3n) is 5.02. The van der Waals surface area contributed by atoms with Crippen molar-refractivity contribution >= 4 is 29.9 Å². The summed E-state index contributed by atoms with van der Waals surface area (Å²) in [4.78, 5) is 7.05. The van der Waals surface area contributed by atoms with Crippen LogP contribution in [0.1, 0.15) is 52.4 Å². The number of hydrogen-bond acceptors (Lipinski definition) is 4. The van der Waals surface area contributed by atoms with Gasteiger partial charge in [-0.1, -0.05) is 26.7 Å². The Labute approximate surface area is 184 Å². The van der Waals surface area contributed by atoms with Crippen LogP contribution in [-0.2, 0) is 9.47 Å². The second-order valence-electron chi connectivity index (χ2n) is 7.45. The molecule has 162 valence electrons. The van der Waals surface area contributed by atoms with Crippen molar-refractivity contribution in [3.63, 3.8) is 0 Å². The standard InChI is InChI=1S/C20H42N4O2.HI/c1-18(2)19(24-12-8-5-6-9-13-24)17-23-20(21-3)22-11-7-10-14-26-16-15-25-4;/h18-19H,5-17H2,1-4H3,(H2,21,22,23);1H. The molecule has 0 aromatic heterocycles. The zero-order chi connectivity index (χ0) is 19.0. The van der Waals surface area contributed by atoms with Crippen LogP contribution in [0, 0.1) is 5.92 Å².